The van der Waals surface area contributed by atoms with Crippen LogP contribution in [0.4, 0.5) is 4.79 Å². The molecule has 2 heterocycles. The van der Waals surface area contributed by atoms with Crippen molar-refractivity contribution in [3.8, 4) is 28.7 Å². The zero-order chi connectivity index (χ0) is 27.0. The van der Waals surface area contributed by atoms with Gasteiger partial charge in [-0.15, -0.1) is 0 Å². The van der Waals surface area contributed by atoms with Gasteiger partial charge in [0.1, 0.15) is 5.75 Å². The number of carbonyl (C=O) groups excluding carboxylic acids is 1. The lowest BCUT2D eigenvalue weighted by atomic mass is 9.97. The number of ether oxygens (including phenoxy) is 5. The lowest BCUT2D eigenvalue weighted by molar-refractivity contribution is 0.174. The van der Waals surface area contributed by atoms with Crippen LogP contribution in [-0.4, -0.2) is 63.2 Å². The summed E-state index contributed by atoms with van der Waals surface area (Å²) in [7, 11) is 7.30. The van der Waals surface area contributed by atoms with Crippen LogP contribution in [0.1, 0.15) is 26.7 Å². The van der Waals surface area contributed by atoms with E-state index in [1.807, 2.05) is 30.3 Å². The maximum absolute atomic E-state index is 12.9. The zero-order valence-electron chi connectivity index (χ0n) is 22.6. The van der Waals surface area contributed by atoms with E-state index in [9.17, 15) is 4.79 Å². The zero-order valence-corrected chi connectivity index (χ0v) is 22.6. The SMILES string of the molecule is COc1cc2cc(OC(=O)NCCCC(C)(C)N(C)C)c3c4cc5c(cc4ncc3c2cc1OC)OCO5. The molecule has 9 nitrogen and oxygen atoms in total. The number of nitrogens with one attached hydrogen (secondary N) is 1. The normalized spacial score (nSPS) is 12.9. The molecular formula is C29H33N3O6. The molecule has 1 aromatic heterocycles. The second-order valence-electron chi connectivity index (χ2n) is 10.2. The average molecular weight is 520 g/mol. The highest BCUT2D eigenvalue weighted by atomic mass is 16.7. The van der Waals surface area contributed by atoms with E-state index >= 15 is 0 Å². The molecule has 1 N–H and O–H groups in total. The van der Waals surface area contributed by atoms with Crippen LogP contribution in [0.15, 0.2) is 36.5 Å². The Hall–Kier alpha value is -3.98. The maximum atomic E-state index is 12.9. The number of carbonyl (C=O) groups is 1. The van der Waals surface area contributed by atoms with Gasteiger partial charge in [0.2, 0.25) is 6.79 Å². The molecule has 0 saturated carbocycles. The van der Waals surface area contributed by atoms with Gasteiger partial charge in [-0.3, -0.25) is 4.98 Å². The third-order valence-electron chi connectivity index (χ3n) is 7.39. The lowest BCUT2D eigenvalue weighted by Gasteiger charge is -2.32. The van der Waals surface area contributed by atoms with E-state index in [4.69, 9.17) is 23.7 Å². The van der Waals surface area contributed by atoms with Crippen molar-refractivity contribution in [2.24, 2.45) is 0 Å². The summed E-state index contributed by atoms with van der Waals surface area (Å²) in [6.45, 7) is 5.02. The van der Waals surface area contributed by atoms with Crippen molar-refractivity contribution in [3.05, 3.63) is 36.5 Å². The maximum Gasteiger partial charge on any atom is 0.412 e. The number of rotatable bonds is 8. The monoisotopic (exact) mass is 519 g/mol. The molecule has 0 unspecified atom stereocenters. The van der Waals surface area contributed by atoms with Crippen molar-refractivity contribution in [3.63, 3.8) is 0 Å². The molecule has 9 heteroatoms. The number of aromatic nitrogens is 1. The van der Waals surface area contributed by atoms with E-state index < -0.39 is 6.09 Å². The van der Waals surface area contributed by atoms with E-state index in [1.54, 1.807) is 20.4 Å². The summed E-state index contributed by atoms with van der Waals surface area (Å²) in [5, 5.41) is 6.97. The molecule has 38 heavy (non-hydrogen) atoms. The quantitative estimate of drug-likeness (QED) is 0.241. The predicted molar refractivity (Wildman–Crippen MR) is 147 cm³/mol. The molecule has 1 amide bonds. The van der Waals surface area contributed by atoms with Crippen molar-refractivity contribution in [2.75, 3.05) is 41.7 Å². The number of benzene rings is 3. The van der Waals surface area contributed by atoms with Gasteiger partial charge in [-0.2, -0.15) is 0 Å². The fraction of sp³-hybridized carbons (Fsp3) is 0.379. The molecule has 0 fully saturated rings. The van der Waals surface area contributed by atoms with Gasteiger partial charge >= 0.3 is 6.09 Å². The minimum atomic E-state index is -0.514. The number of methoxy groups -OCH3 is 2. The molecule has 3 aromatic carbocycles. The lowest BCUT2D eigenvalue weighted by Crippen LogP contribution is -2.39. The summed E-state index contributed by atoms with van der Waals surface area (Å²) in [4.78, 5) is 19.8. The van der Waals surface area contributed by atoms with Gasteiger partial charge in [-0.1, -0.05) is 0 Å². The molecule has 0 aliphatic carbocycles. The van der Waals surface area contributed by atoms with Crippen LogP contribution < -0.4 is 29.0 Å². The molecule has 0 spiro atoms. The first-order chi connectivity index (χ1) is 18.2. The fourth-order valence-corrected chi connectivity index (χ4v) is 4.66. The fourth-order valence-electron chi connectivity index (χ4n) is 4.66. The van der Waals surface area contributed by atoms with Crippen molar-refractivity contribution < 1.29 is 28.5 Å². The standard InChI is InChI=1S/C29H33N3O6/c1-29(2,32(3)4)8-7-9-30-28(33)38-26-11-17-10-22(34-5)23(35-6)12-18(17)20-15-31-21-14-25-24(36-16-37-25)13-19(21)27(20)26/h10-15H,7-9,16H2,1-6H3,(H,30,33). The van der Waals surface area contributed by atoms with Crippen LogP contribution >= 0.6 is 0 Å². The van der Waals surface area contributed by atoms with Crippen LogP contribution in [0.25, 0.3) is 32.4 Å². The first-order valence-electron chi connectivity index (χ1n) is 12.6. The highest BCUT2D eigenvalue weighted by Crippen LogP contribution is 2.44. The first kappa shape index (κ1) is 25.7. The molecular weight excluding hydrogens is 486 g/mol. The van der Waals surface area contributed by atoms with Gasteiger partial charge in [0.15, 0.2) is 23.0 Å². The second kappa shape index (κ2) is 10.1. The summed E-state index contributed by atoms with van der Waals surface area (Å²) in [6.07, 6.45) is 3.03. The molecule has 1 aliphatic heterocycles. The Kier molecular flexibility index (Phi) is 6.79. The van der Waals surface area contributed by atoms with Gasteiger partial charge < -0.3 is 33.9 Å². The molecule has 0 atom stereocenters. The molecule has 200 valence electrons. The molecule has 1 aliphatic rings. The van der Waals surface area contributed by atoms with E-state index in [-0.39, 0.29) is 12.3 Å². The van der Waals surface area contributed by atoms with Crippen molar-refractivity contribution >= 4 is 38.5 Å². The third-order valence-corrected chi connectivity index (χ3v) is 7.39. The number of nitrogens with zero attached hydrogens (tertiary/aromatic N) is 2. The van der Waals surface area contributed by atoms with Gasteiger partial charge in [-0.25, -0.2) is 4.79 Å². The van der Waals surface area contributed by atoms with E-state index in [2.05, 4.69) is 43.1 Å². The van der Waals surface area contributed by atoms with Crippen LogP contribution in [0, 0.1) is 0 Å². The summed E-state index contributed by atoms with van der Waals surface area (Å²) >= 11 is 0. The van der Waals surface area contributed by atoms with Crippen molar-refractivity contribution in [2.45, 2.75) is 32.2 Å². The van der Waals surface area contributed by atoms with Crippen molar-refractivity contribution in [1.82, 2.24) is 15.2 Å². The van der Waals surface area contributed by atoms with Gasteiger partial charge in [-0.05, 0) is 75.8 Å². The number of hydrogen-bond donors (Lipinski definition) is 1. The molecule has 0 radical (unpaired) electrons. The molecule has 0 saturated heterocycles. The minimum absolute atomic E-state index is 0.0399. The van der Waals surface area contributed by atoms with E-state index in [0.717, 1.165) is 39.8 Å². The van der Waals surface area contributed by atoms with Crippen LogP contribution in [0.3, 0.4) is 0 Å². The number of hydrogen-bond acceptors (Lipinski definition) is 8. The summed E-state index contributed by atoms with van der Waals surface area (Å²) in [5.74, 6) is 2.85. The highest BCUT2D eigenvalue weighted by Gasteiger charge is 2.22. The van der Waals surface area contributed by atoms with Gasteiger partial charge in [0.05, 0.1) is 19.7 Å². The van der Waals surface area contributed by atoms with Crippen LogP contribution in [-0.2, 0) is 0 Å². The second-order valence-corrected chi connectivity index (χ2v) is 10.2. The Morgan fingerprint density at radius 3 is 2.37 bits per heavy atom. The van der Waals surface area contributed by atoms with E-state index in [1.165, 1.54) is 0 Å². The Morgan fingerprint density at radius 2 is 1.66 bits per heavy atom. The number of amides is 1. The highest BCUT2D eigenvalue weighted by molar-refractivity contribution is 6.20. The summed E-state index contributed by atoms with van der Waals surface area (Å²) < 4.78 is 28.2. The molecule has 0 bridgehead atoms. The summed E-state index contributed by atoms with van der Waals surface area (Å²) in [5.41, 5.74) is 0.746. The topological polar surface area (TPSA) is 91.4 Å². The predicted octanol–water partition coefficient (Wildman–Crippen LogP) is 5.50. The molecule has 4 aromatic rings. The van der Waals surface area contributed by atoms with Gasteiger partial charge in [0, 0.05) is 40.5 Å². The Labute approximate surface area is 221 Å². The largest absolute Gasteiger partial charge is 0.493 e. The molecule has 5 rings (SSSR count). The Balaban J connectivity index is 1.56. The van der Waals surface area contributed by atoms with Crippen molar-refractivity contribution in [1.29, 1.82) is 0 Å². The first-order valence-corrected chi connectivity index (χ1v) is 12.6. The summed E-state index contributed by atoms with van der Waals surface area (Å²) in [6, 6.07) is 9.34. The smallest absolute Gasteiger partial charge is 0.412 e. The number of fused-ring (bicyclic) bond motifs is 6. The Morgan fingerprint density at radius 1 is 0.974 bits per heavy atom. The third kappa shape index (κ3) is 4.69. The van der Waals surface area contributed by atoms with Crippen LogP contribution in [0.2, 0.25) is 0 Å². The number of pyridine rings is 1. The van der Waals surface area contributed by atoms with Crippen LogP contribution in [0.5, 0.6) is 28.7 Å². The minimum Gasteiger partial charge on any atom is -0.493 e. The Bertz CT molecular complexity index is 1530. The van der Waals surface area contributed by atoms with E-state index in [0.29, 0.717) is 40.8 Å². The average Bonchev–Trinajstić information content (AvgIpc) is 3.36. The van der Waals surface area contributed by atoms with Gasteiger partial charge in [0.25, 0.3) is 0 Å².